The monoisotopic (exact) mass is 232 g/mol. The Kier molecular flexibility index (Phi) is 7.88. The molecule has 0 heterocycles. The number of nitrogens with one attached hydrogen (secondary N) is 1. The predicted octanol–water partition coefficient (Wildman–Crippen LogP) is 1.40. The zero-order chi connectivity index (χ0) is 11.8. The molecule has 0 saturated heterocycles. The van der Waals surface area contributed by atoms with Crippen LogP contribution in [-0.2, 0) is 4.79 Å². The zero-order valence-corrected chi connectivity index (χ0v) is 11.2. The second-order valence-corrected chi connectivity index (χ2v) is 5.08. The first-order valence-corrected chi connectivity index (χ1v) is 6.14. The van der Waals surface area contributed by atoms with Crippen molar-refractivity contribution in [1.29, 1.82) is 0 Å². The molecule has 0 aromatic heterocycles. The maximum absolute atomic E-state index is 11.4. The maximum Gasteiger partial charge on any atom is 0.221 e. The van der Waals surface area contributed by atoms with Gasteiger partial charge in [0.05, 0.1) is 0 Å². The van der Waals surface area contributed by atoms with Crippen molar-refractivity contribution >= 4 is 18.5 Å². The lowest BCUT2D eigenvalue weighted by Crippen LogP contribution is -2.42. The van der Waals surface area contributed by atoms with E-state index in [1.54, 1.807) is 0 Å². The first kappa shape index (κ1) is 14.8. The number of carbonyl (C=O) groups is 1. The van der Waals surface area contributed by atoms with Gasteiger partial charge < -0.3 is 10.2 Å². The largest absolute Gasteiger partial charge is 0.352 e. The fraction of sp³-hybridized carbons (Fsp3) is 0.909. The Hall–Kier alpha value is -0.220. The molecule has 0 radical (unpaired) electrons. The van der Waals surface area contributed by atoms with E-state index in [1.807, 2.05) is 14.1 Å². The van der Waals surface area contributed by atoms with Gasteiger partial charge in [-0.05, 0) is 32.2 Å². The van der Waals surface area contributed by atoms with Gasteiger partial charge in [-0.3, -0.25) is 4.79 Å². The van der Waals surface area contributed by atoms with Crippen LogP contribution in [-0.4, -0.2) is 43.2 Å². The van der Waals surface area contributed by atoms with Crippen LogP contribution in [0.2, 0.25) is 0 Å². The van der Waals surface area contributed by atoms with Crippen molar-refractivity contribution in [2.45, 2.75) is 32.7 Å². The molecule has 1 N–H and O–H groups in total. The average molecular weight is 232 g/mol. The molecule has 0 spiro atoms. The standard InChI is InChI=1S/C11H24N2OS/c1-9(2)7-10(8-13(3)4)12-11(14)5-6-15/h9-10,15H,5-8H2,1-4H3,(H,12,14). The van der Waals surface area contributed by atoms with E-state index in [1.165, 1.54) is 0 Å². The maximum atomic E-state index is 11.4. The Morgan fingerprint density at radius 3 is 2.40 bits per heavy atom. The van der Waals surface area contributed by atoms with E-state index in [0.717, 1.165) is 13.0 Å². The lowest BCUT2D eigenvalue weighted by Gasteiger charge is -2.23. The van der Waals surface area contributed by atoms with Crippen LogP contribution in [0.25, 0.3) is 0 Å². The number of hydrogen-bond acceptors (Lipinski definition) is 3. The van der Waals surface area contributed by atoms with E-state index in [9.17, 15) is 4.79 Å². The number of carbonyl (C=O) groups excluding carboxylic acids is 1. The molecule has 4 heteroatoms. The van der Waals surface area contributed by atoms with Gasteiger partial charge in [0.1, 0.15) is 0 Å². The number of nitrogens with zero attached hydrogens (tertiary/aromatic N) is 1. The number of amides is 1. The van der Waals surface area contributed by atoms with Crippen LogP contribution in [0.1, 0.15) is 26.7 Å². The van der Waals surface area contributed by atoms with E-state index in [4.69, 9.17) is 0 Å². The summed E-state index contributed by atoms with van der Waals surface area (Å²) in [6.07, 6.45) is 1.53. The number of thiol groups is 1. The molecule has 1 amide bonds. The van der Waals surface area contributed by atoms with Gasteiger partial charge in [0.25, 0.3) is 0 Å². The molecular weight excluding hydrogens is 208 g/mol. The first-order chi connectivity index (χ1) is 6.95. The van der Waals surface area contributed by atoms with Crippen molar-refractivity contribution in [3.05, 3.63) is 0 Å². The van der Waals surface area contributed by atoms with Crippen LogP contribution in [0, 0.1) is 5.92 Å². The highest BCUT2D eigenvalue weighted by molar-refractivity contribution is 7.80. The van der Waals surface area contributed by atoms with Gasteiger partial charge in [-0.25, -0.2) is 0 Å². The van der Waals surface area contributed by atoms with E-state index in [2.05, 4.69) is 36.7 Å². The van der Waals surface area contributed by atoms with Crippen LogP contribution < -0.4 is 5.32 Å². The van der Waals surface area contributed by atoms with Gasteiger partial charge in [0, 0.05) is 19.0 Å². The first-order valence-electron chi connectivity index (χ1n) is 5.50. The van der Waals surface area contributed by atoms with Gasteiger partial charge in [-0.1, -0.05) is 13.8 Å². The second kappa shape index (κ2) is 7.99. The second-order valence-electron chi connectivity index (χ2n) is 4.63. The molecule has 1 unspecified atom stereocenters. The summed E-state index contributed by atoms with van der Waals surface area (Å²) in [5.74, 6) is 1.33. The fourth-order valence-electron chi connectivity index (χ4n) is 1.59. The molecule has 0 aliphatic heterocycles. The molecule has 0 saturated carbocycles. The van der Waals surface area contributed by atoms with Crippen molar-refractivity contribution < 1.29 is 4.79 Å². The summed E-state index contributed by atoms with van der Waals surface area (Å²) in [5.41, 5.74) is 0. The topological polar surface area (TPSA) is 32.3 Å². The summed E-state index contributed by atoms with van der Waals surface area (Å²) in [6, 6.07) is 0.257. The molecule has 0 rings (SSSR count). The molecule has 0 aromatic carbocycles. The predicted molar refractivity (Wildman–Crippen MR) is 68.4 cm³/mol. The van der Waals surface area contributed by atoms with Crippen molar-refractivity contribution in [2.75, 3.05) is 26.4 Å². The normalized spacial score (nSPS) is 13.3. The lowest BCUT2D eigenvalue weighted by atomic mass is 10.0. The van der Waals surface area contributed by atoms with E-state index >= 15 is 0 Å². The average Bonchev–Trinajstić information content (AvgIpc) is 2.00. The molecule has 1 atom stereocenters. The van der Waals surface area contributed by atoms with Crippen LogP contribution in [0.3, 0.4) is 0 Å². The fourth-order valence-corrected chi connectivity index (χ4v) is 1.79. The third kappa shape index (κ3) is 8.75. The summed E-state index contributed by atoms with van der Waals surface area (Å²) < 4.78 is 0. The van der Waals surface area contributed by atoms with Crippen molar-refractivity contribution in [3.63, 3.8) is 0 Å². The Labute approximate surface area is 99.0 Å². The van der Waals surface area contributed by atoms with Gasteiger partial charge >= 0.3 is 0 Å². The molecule has 0 bridgehead atoms. The molecule has 90 valence electrons. The molecule has 3 nitrogen and oxygen atoms in total. The minimum atomic E-state index is 0.109. The molecule has 0 fully saturated rings. The van der Waals surface area contributed by atoms with Gasteiger partial charge in [-0.2, -0.15) is 12.6 Å². The van der Waals surface area contributed by atoms with Crippen LogP contribution in [0.15, 0.2) is 0 Å². The van der Waals surface area contributed by atoms with Crippen LogP contribution in [0.4, 0.5) is 0 Å². The molecular formula is C11H24N2OS. The van der Waals surface area contributed by atoms with E-state index in [-0.39, 0.29) is 11.9 Å². The van der Waals surface area contributed by atoms with Gasteiger partial charge in [0.2, 0.25) is 5.91 Å². The molecule has 0 aromatic rings. The smallest absolute Gasteiger partial charge is 0.221 e. The number of rotatable bonds is 7. The molecule has 0 aliphatic carbocycles. The zero-order valence-electron chi connectivity index (χ0n) is 10.3. The Morgan fingerprint density at radius 2 is 2.00 bits per heavy atom. The highest BCUT2D eigenvalue weighted by atomic mass is 32.1. The third-order valence-electron chi connectivity index (χ3n) is 2.05. The Balaban J connectivity index is 4.05. The Morgan fingerprint density at radius 1 is 1.40 bits per heavy atom. The summed E-state index contributed by atoms with van der Waals surface area (Å²) in [6.45, 7) is 5.25. The van der Waals surface area contributed by atoms with E-state index < -0.39 is 0 Å². The number of likely N-dealkylation sites (N-methyl/N-ethyl adjacent to an activating group) is 1. The number of hydrogen-bond donors (Lipinski definition) is 2. The van der Waals surface area contributed by atoms with Crippen molar-refractivity contribution in [2.24, 2.45) is 5.92 Å². The van der Waals surface area contributed by atoms with Gasteiger partial charge in [0.15, 0.2) is 0 Å². The molecule has 15 heavy (non-hydrogen) atoms. The van der Waals surface area contributed by atoms with E-state index in [0.29, 0.717) is 18.1 Å². The van der Waals surface area contributed by atoms with Crippen molar-refractivity contribution in [3.8, 4) is 0 Å². The highest BCUT2D eigenvalue weighted by Crippen LogP contribution is 2.05. The SMILES string of the molecule is CC(C)CC(CN(C)C)NC(=O)CCS. The molecule has 0 aliphatic rings. The summed E-state index contributed by atoms with van der Waals surface area (Å²) >= 11 is 4.05. The minimum absolute atomic E-state index is 0.109. The highest BCUT2D eigenvalue weighted by Gasteiger charge is 2.14. The summed E-state index contributed by atoms with van der Waals surface area (Å²) in [7, 11) is 4.05. The van der Waals surface area contributed by atoms with Crippen LogP contribution >= 0.6 is 12.6 Å². The minimum Gasteiger partial charge on any atom is -0.352 e. The van der Waals surface area contributed by atoms with Crippen LogP contribution in [0.5, 0.6) is 0 Å². The summed E-state index contributed by atoms with van der Waals surface area (Å²) in [4.78, 5) is 13.5. The summed E-state index contributed by atoms with van der Waals surface area (Å²) in [5, 5.41) is 3.05. The Bertz CT molecular complexity index is 173. The van der Waals surface area contributed by atoms with Gasteiger partial charge in [-0.15, -0.1) is 0 Å². The third-order valence-corrected chi connectivity index (χ3v) is 2.27. The quantitative estimate of drug-likeness (QED) is 0.650. The van der Waals surface area contributed by atoms with Crippen molar-refractivity contribution in [1.82, 2.24) is 10.2 Å². The lowest BCUT2D eigenvalue weighted by molar-refractivity contribution is -0.121.